The van der Waals surface area contributed by atoms with E-state index < -0.39 is 12.7 Å². The number of anilines is 1. The van der Waals surface area contributed by atoms with Crippen molar-refractivity contribution >= 4 is 35.8 Å². The average molecular weight is 455 g/mol. The van der Waals surface area contributed by atoms with Crippen LogP contribution in [0.5, 0.6) is 23.0 Å². The largest absolute Gasteiger partial charge is 0.496 e. The summed E-state index contributed by atoms with van der Waals surface area (Å²) in [5, 5.41) is 2.63. The molecule has 0 aliphatic rings. The number of hydrogen-bond acceptors (Lipinski definition) is 7. The van der Waals surface area contributed by atoms with Gasteiger partial charge in [-0.05, 0) is 35.7 Å². The number of carbonyl (C=O) groups is 1. The highest BCUT2D eigenvalue weighted by Crippen LogP contribution is 2.57. The summed E-state index contributed by atoms with van der Waals surface area (Å²) in [6.45, 7) is -4.39. The van der Waals surface area contributed by atoms with Crippen LogP contribution in [0.2, 0.25) is 0 Å². The molecule has 0 aliphatic heterocycles. The van der Waals surface area contributed by atoms with Gasteiger partial charge in [0.2, 0.25) is 5.91 Å². The third-order valence-electron chi connectivity index (χ3n) is 3.80. The SMILES string of the molecule is COc1cc(OC)c(/C=C/C(=O)Nc2ccc(OC)c(SP(=O)(O)O)c2)c(OC)c1. The average Bonchev–Trinajstić information content (AvgIpc) is 2.70. The topological polar surface area (TPSA) is 124 Å². The van der Waals surface area contributed by atoms with Crippen LogP contribution in [0.1, 0.15) is 5.56 Å². The van der Waals surface area contributed by atoms with Crippen molar-refractivity contribution in [3.63, 3.8) is 0 Å². The molecule has 2 aromatic rings. The Bertz CT molecular complexity index is 963. The van der Waals surface area contributed by atoms with Crippen molar-refractivity contribution < 1.29 is 38.1 Å². The quantitative estimate of drug-likeness (QED) is 0.385. The third-order valence-corrected chi connectivity index (χ3v) is 5.86. The smallest absolute Gasteiger partial charge is 0.388 e. The summed E-state index contributed by atoms with van der Waals surface area (Å²) in [6, 6.07) is 7.81. The zero-order valence-electron chi connectivity index (χ0n) is 16.7. The van der Waals surface area contributed by atoms with Gasteiger partial charge in [0.25, 0.3) is 0 Å². The van der Waals surface area contributed by atoms with E-state index in [0.29, 0.717) is 39.9 Å². The second-order valence-electron chi connectivity index (χ2n) is 5.72. The fourth-order valence-corrected chi connectivity index (χ4v) is 4.37. The van der Waals surface area contributed by atoms with Crippen LogP contribution in [-0.2, 0) is 9.36 Å². The molecule has 30 heavy (non-hydrogen) atoms. The predicted molar refractivity (Wildman–Crippen MR) is 115 cm³/mol. The van der Waals surface area contributed by atoms with E-state index in [2.05, 4.69) is 5.32 Å². The molecule has 0 unspecified atom stereocenters. The van der Waals surface area contributed by atoms with Gasteiger partial charge in [0.1, 0.15) is 23.0 Å². The highest BCUT2D eigenvalue weighted by atomic mass is 32.7. The van der Waals surface area contributed by atoms with Crippen LogP contribution >= 0.6 is 18.2 Å². The Labute approximate surface area is 177 Å². The number of carbonyl (C=O) groups excluding carboxylic acids is 1. The van der Waals surface area contributed by atoms with Gasteiger partial charge in [0, 0.05) is 23.9 Å². The van der Waals surface area contributed by atoms with E-state index >= 15 is 0 Å². The molecule has 2 rings (SSSR count). The van der Waals surface area contributed by atoms with Gasteiger partial charge in [-0.15, -0.1) is 0 Å². The Morgan fingerprint density at radius 2 is 1.57 bits per heavy atom. The van der Waals surface area contributed by atoms with Crippen LogP contribution in [0.4, 0.5) is 5.69 Å². The summed E-state index contributed by atoms with van der Waals surface area (Å²) >= 11 is 0.344. The van der Waals surface area contributed by atoms with E-state index in [1.165, 1.54) is 52.7 Å². The van der Waals surface area contributed by atoms with E-state index in [-0.39, 0.29) is 10.6 Å². The van der Waals surface area contributed by atoms with Crippen molar-refractivity contribution in [2.24, 2.45) is 0 Å². The molecular formula is C19H22NO8PS. The lowest BCUT2D eigenvalue weighted by molar-refractivity contribution is -0.111. The van der Waals surface area contributed by atoms with Crippen molar-refractivity contribution in [2.75, 3.05) is 33.8 Å². The second-order valence-corrected chi connectivity index (χ2v) is 9.29. The molecule has 0 bridgehead atoms. The monoisotopic (exact) mass is 455 g/mol. The first-order chi connectivity index (χ1) is 14.2. The molecule has 0 fully saturated rings. The highest BCUT2D eigenvalue weighted by Gasteiger charge is 2.19. The lowest BCUT2D eigenvalue weighted by Crippen LogP contribution is -2.08. The number of benzene rings is 2. The van der Waals surface area contributed by atoms with Gasteiger partial charge in [-0.1, -0.05) is 0 Å². The first-order valence-corrected chi connectivity index (χ1v) is 11.5. The lowest BCUT2D eigenvalue weighted by Gasteiger charge is -2.13. The fourth-order valence-electron chi connectivity index (χ4n) is 2.49. The molecule has 0 aliphatic carbocycles. The van der Waals surface area contributed by atoms with Gasteiger partial charge in [-0.25, -0.2) is 4.57 Å². The van der Waals surface area contributed by atoms with Crippen molar-refractivity contribution in [1.82, 2.24) is 0 Å². The van der Waals surface area contributed by atoms with Gasteiger partial charge in [0.05, 0.1) is 38.9 Å². The number of nitrogens with one attached hydrogen (secondary N) is 1. The summed E-state index contributed by atoms with van der Waals surface area (Å²) in [7, 11) is 5.88. The Balaban J connectivity index is 2.25. The molecule has 0 atom stereocenters. The van der Waals surface area contributed by atoms with E-state index in [4.69, 9.17) is 18.9 Å². The number of hydrogen-bond donors (Lipinski definition) is 3. The maximum atomic E-state index is 12.4. The summed E-state index contributed by atoms with van der Waals surface area (Å²) < 4.78 is 32.3. The predicted octanol–water partition coefficient (Wildman–Crippen LogP) is 3.56. The molecule has 1 amide bonds. The Morgan fingerprint density at radius 3 is 2.07 bits per heavy atom. The second kappa shape index (κ2) is 10.4. The maximum Gasteiger partial charge on any atom is 0.388 e. The molecular weight excluding hydrogens is 433 g/mol. The van der Waals surface area contributed by atoms with Crippen LogP contribution < -0.4 is 24.3 Å². The zero-order valence-corrected chi connectivity index (χ0v) is 18.5. The fraction of sp³-hybridized carbons (Fsp3) is 0.211. The molecule has 0 saturated heterocycles. The lowest BCUT2D eigenvalue weighted by atomic mass is 10.1. The van der Waals surface area contributed by atoms with Crippen LogP contribution in [0.15, 0.2) is 41.3 Å². The summed E-state index contributed by atoms with van der Waals surface area (Å²) in [5.41, 5.74) is 0.887. The molecule has 0 saturated carbocycles. The molecule has 0 heterocycles. The molecule has 2 aromatic carbocycles. The zero-order chi connectivity index (χ0) is 22.3. The first-order valence-electron chi connectivity index (χ1n) is 8.43. The van der Waals surface area contributed by atoms with Gasteiger partial charge >= 0.3 is 6.80 Å². The summed E-state index contributed by atoms with van der Waals surface area (Å²) in [5.74, 6) is 1.27. The minimum atomic E-state index is -4.39. The molecule has 162 valence electrons. The standard InChI is InChI=1S/C19H22NO8PS/c1-25-13-10-16(27-3)14(17(11-13)28-4)6-8-19(21)20-12-5-7-15(26-2)18(9-12)30-29(22,23)24/h5-11H,1-4H3,(H,20,21)(H2,22,23,24)/b8-6+. The number of rotatable bonds is 9. The van der Waals surface area contributed by atoms with Crippen LogP contribution in [0.25, 0.3) is 6.08 Å². The molecule has 11 heteroatoms. The van der Waals surface area contributed by atoms with Crippen LogP contribution in [0, 0.1) is 0 Å². The molecule has 9 nitrogen and oxygen atoms in total. The Hall–Kier alpha value is -2.65. The normalized spacial score (nSPS) is 11.3. The Kier molecular flexibility index (Phi) is 8.19. The van der Waals surface area contributed by atoms with Crippen molar-refractivity contribution in [3.05, 3.63) is 42.0 Å². The summed E-state index contributed by atoms with van der Waals surface area (Å²) in [6.07, 6.45) is 2.81. The van der Waals surface area contributed by atoms with Gasteiger partial charge in [0.15, 0.2) is 0 Å². The number of amides is 1. The minimum absolute atomic E-state index is 0.200. The molecule has 0 radical (unpaired) electrons. The molecule has 3 N–H and O–H groups in total. The van der Waals surface area contributed by atoms with E-state index in [0.717, 1.165) is 0 Å². The number of methoxy groups -OCH3 is 4. The van der Waals surface area contributed by atoms with Crippen molar-refractivity contribution in [1.29, 1.82) is 0 Å². The van der Waals surface area contributed by atoms with Crippen molar-refractivity contribution in [2.45, 2.75) is 4.90 Å². The van der Waals surface area contributed by atoms with Crippen LogP contribution in [0.3, 0.4) is 0 Å². The van der Waals surface area contributed by atoms with Gasteiger partial charge < -0.3 is 34.1 Å². The first kappa shape index (κ1) is 23.6. The maximum absolute atomic E-state index is 12.4. The van der Waals surface area contributed by atoms with Gasteiger partial charge in [-0.3, -0.25) is 4.79 Å². The molecule has 0 spiro atoms. The summed E-state index contributed by atoms with van der Waals surface area (Å²) in [4.78, 5) is 31.0. The van der Waals surface area contributed by atoms with Crippen LogP contribution in [-0.4, -0.2) is 44.1 Å². The van der Waals surface area contributed by atoms with E-state index in [1.54, 1.807) is 18.2 Å². The molecule has 0 aromatic heterocycles. The van der Waals surface area contributed by atoms with Gasteiger partial charge in [-0.2, -0.15) is 0 Å². The van der Waals surface area contributed by atoms with E-state index in [1.807, 2.05) is 0 Å². The Morgan fingerprint density at radius 1 is 0.967 bits per heavy atom. The highest BCUT2D eigenvalue weighted by molar-refractivity contribution is 8.54. The van der Waals surface area contributed by atoms with Crippen molar-refractivity contribution in [3.8, 4) is 23.0 Å². The third kappa shape index (κ3) is 6.43. The minimum Gasteiger partial charge on any atom is -0.496 e. The number of ether oxygens (including phenoxy) is 4. The van der Waals surface area contributed by atoms with E-state index in [9.17, 15) is 19.1 Å².